The molecule has 1 aromatic carbocycles. The van der Waals surface area contributed by atoms with Crippen LogP contribution in [0.25, 0.3) is 0 Å². The summed E-state index contributed by atoms with van der Waals surface area (Å²) in [4.78, 5) is 14.9. The van der Waals surface area contributed by atoms with Crippen molar-refractivity contribution >= 4 is 29.1 Å². The Bertz CT molecular complexity index is 639. The van der Waals surface area contributed by atoms with Crippen molar-refractivity contribution < 1.29 is 4.79 Å². The van der Waals surface area contributed by atoms with Gasteiger partial charge in [-0.15, -0.1) is 0 Å². The number of fused-ring (bicyclic) bond motifs is 2. The van der Waals surface area contributed by atoms with E-state index in [1.54, 1.807) is 6.07 Å². The number of benzene rings is 1. The van der Waals surface area contributed by atoms with Crippen LogP contribution < -0.4 is 16.2 Å². The summed E-state index contributed by atoms with van der Waals surface area (Å²) in [7, 11) is 0. The number of halogens is 2. The molecule has 0 radical (unpaired) electrons. The molecule has 2 fully saturated rings. The molecule has 3 aliphatic heterocycles. The largest absolute Gasteiger partial charge is 0.337 e. The van der Waals surface area contributed by atoms with E-state index in [9.17, 15) is 4.79 Å². The lowest BCUT2D eigenvalue weighted by Crippen LogP contribution is -2.51. The van der Waals surface area contributed by atoms with E-state index in [1.165, 1.54) is 0 Å². The Balaban J connectivity index is 1.52. The van der Waals surface area contributed by atoms with Gasteiger partial charge in [-0.2, -0.15) is 0 Å². The van der Waals surface area contributed by atoms with E-state index in [0.29, 0.717) is 35.1 Å². The molecular weight excluding hydrogens is 335 g/mol. The van der Waals surface area contributed by atoms with E-state index in [1.807, 2.05) is 11.0 Å². The maximum atomic E-state index is 13.0. The molecular formula is C16H20Cl2N4O. The lowest BCUT2D eigenvalue weighted by Gasteiger charge is -2.34. The van der Waals surface area contributed by atoms with Gasteiger partial charge >= 0.3 is 0 Å². The molecule has 3 aliphatic rings. The topological polar surface area (TPSA) is 56.4 Å². The highest BCUT2D eigenvalue weighted by molar-refractivity contribution is 6.35. The van der Waals surface area contributed by atoms with Crippen LogP contribution in [0.2, 0.25) is 10.0 Å². The van der Waals surface area contributed by atoms with Gasteiger partial charge in [0.25, 0.3) is 0 Å². The quantitative estimate of drug-likeness (QED) is 0.712. The van der Waals surface area contributed by atoms with E-state index in [-0.39, 0.29) is 11.9 Å². The third-order valence-electron chi connectivity index (χ3n) is 5.20. The van der Waals surface area contributed by atoms with E-state index >= 15 is 0 Å². The Morgan fingerprint density at radius 3 is 3.00 bits per heavy atom. The van der Waals surface area contributed by atoms with Gasteiger partial charge in [-0.1, -0.05) is 23.2 Å². The lowest BCUT2D eigenvalue weighted by atomic mass is 9.88. The van der Waals surface area contributed by atoms with Crippen LogP contribution in [0, 0.1) is 5.92 Å². The minimum Gasteiger partial charge on any atom is -0.337 e. The third-order valence-corrected chi connectivity index (χ3v) is 5.76. The molecule has 4 rings (SSSR count). The number of piperidine rings is 1. The van der Waals surface area contributed by atoms with Crippen molar-refractivity contribution in [3.8, 4) is 0 Å². The van der Waals surface area contributed by atoms with Crippen molar-refractivity contribution in [1.82, 2.24) is 21.1 Å². The molecule has 7 heteroatoms. The summed E-state index contributed by atoms with van der Waals surface area (Å²) < 4.78 is 0. The third kappa shape index (κ3) is 2.85. The summed E-state index contributed by atoms with van der Waals surface area (Å²) in [5.41, 5.74) is 8.68. The van der Waals surface area contributed by atoms with Crippen molar-refractivity contribution in [2.75, 3.05) is 19.6 Å². The van der Waals surface area contributed by atoms with Gasteiger partial charge in [0.1, 0.15) is 6.04 Å². The molecule has 1 aromatic rings. The van der Waals surface area contributed by atoms with Gasteiger partial charge in [-0.3, -0.25) is 10.2 Å². The monoisotopic (exact) mass is 354 g/mol. The summed E-state index contributed by atoms with van der Waals surface area (Å²) in [5, 5.41) is 4.72. The van der Waals surface area contributed by atoms with Crippen molar-refractivity contribution in [1.29, 1.82) is 0 Å². The molecule has 5 nitrogen and oxygen atoms in total. The Hall–Kier alpha value is -0.850. The van der Waals surface area contributed by atoms with Crippen LogP contribution in [0.1, 0.15) is 17.5 Å². The van der Waals surface area contributed by atoms with Gasteiger partial charge in [0.2, 0.25) is 5.91 Å². The molecule has 1 amide bonds. The van der Waals surface area contributed by atoms with Crippen LogP contribution in [0.15, 0.2) is 12.1 Å². The highest BCUT2D eigenvalue weighted by atomic mass is 35.5. The summed E-state index contributed by atoms with van der Waals surface area (Å²) >= 11 is 12.4. The van der Waals surface area contributed by atoms with Crippen LogP contribution in [0.5, 0.6) is 0 Å². The molecule has 2 saturated heterocycles. The standard InChI is InChI=1S/C16H20Cl2N4O/c17-10-5-9-8-22(4-2-11(9)13(18)6-10)16(23)15-12-7-19-3-1-14(12)20-21-15/h5-6,12,14-15,19-21H,1-4,7-8H2. The number of hydrogen-bond donors (Lipinski definition) is 3. The number of carbonyl (C=O) groups is 1. The molecule has 0 aliphatic carbocycles. The first-order chi connectivity index (χ1) is 11.1. The zero-order valence-corrected chi connectivity index (χ0v) is 14.3. The number of hydrogen-bond acceptors (Lipinski definition) is 4. The Kier molecular flexibility index (Phi) is 4.24. The Labute approximate surface area is 145 Å². The fraction of sp³-hybridized carbons (Fsp3) is 0.562. The second-order valence-corrected chi connectivity index (χ2v) is 7.41. The number of amides is 1. The molecule has 0 spiro atoms. The lowest BCUT2D eigenvalue weighted by molar-refractivity contribution is -0.135. The number of nitrogens with one attached hydrogen (secondary N) is 3. The number of hydrazine groups is 1. The van der Waals surface area contributed by atoms with Crippen molar-refractivity contribution in [3.63, 3.8) is 0 Å². The molecule has 0 aromatic heterocycles. The first-order valence-corrected chi connectivity index (χ1v) is 8.86. The summed E-state index contributed by atoms with van der Waals surface area (Å²) in [6.07, 6.45) is 1.83. The summed E-state index contributed by atoms with van der Waals surface area (Å²) in [6.45, 7) is 3.17. The van der Waals surface area contributed by atoms with Crippen LogP contribution in [-0.4, -0.2) is 42.5 Å². The van der Waals surface area contributed by atoms with Crippen LogP contribution in [0.3, 0.4) is 0 Å². The first kappa shape index (κ1) is 15.7. The molecule has 3 atom stereocenters. The van der Waals surface area contributed by atoms with E-state index < -0.39 is 0 Å². The number of nitrogens with zero attached hydrogens (tertiary/aromatic N) is 1. The number of carbonyl (C=O) groups excluding carboxylic acids is 1. The zero-order valence-electron chi connectivity index (χ0n) is 12.7. The molecule has 124 valence electrons. The molecule has 0 bridgehead atoms. The average molecular weight is 355 g/mol. The fourth-order valence-electron chi connectivity index (χ4n) is 3.95. The highest BCUT2D eigenvalue weighted by Crippen LogP contribution is 2.31. The van der Waals surface area contributed by atoms with E-state index in [4.69, 9.17) is 23.2 Å². The average Bonchev–Trinajstić information content (AvgIpc) is 2.97. The first-order valence-electron chi connectivity index (χ1n) is 8.11. The molecule has 3 heterocycles. The minimum absolute atomic E-state index is 0.162. The second kappa shape index (κ2) is 6.22. The van der Waals surface area contributed by atoms with Gasteiger partial charge in [0, 0.05) is 41.6 Å². The van der Waals surface area contributed by atoms with Crippen molar-refractivity contribution in [2.24, 2.45) is 5.92 Å². The van der Waals surface area contributed by atoms with Crippen molar-refractivity contribution in [2.45, 2.75) is 31.5 Å². The van der Waals surface area contributed by atoms with E-state index in [0.717, 1.165) is 37.1 Å². The van der Waals surface area contributed by atoms with Crippen LogP contribution >= 0.6 is 23.2 Å². The fourth-order valence-corrected chi connectivity index (χ4v) is 4.58. The van der Waals surface area contributed by atoms with Gasteiger partial charge < -0.3 is 10.2 Å². The second-order valence-electron chi connectivity index (χ2n) is 6.56. The maximum Gasteiger partial charge on any atom is 0.241 e. The smallest absolute Gasteiger partial charge is 0.241 e. The Morgan fingerprint density at radius 2 is 2.13 bits per heavy atom. The molecule has 3 N–H and O–H groups in total. The maximum absolute atomic E-state index is 13.0. The predicted octanol–water partition coefficient (Wildman–Crippen LogP) is 1.33. The highest BCUT2D eigenvalue weighted by Gasteiger charge is 2.43. The zero-order chi connectivity index (χ0) is 16.0. The van der Waals surface area contributed by atoms with Gasteiger partial charge in [-0.25, -0.2) is 5.43 Å². The predicted molar refractivity (Wildman–Crippen MR) is 90.4 cm³/mol. The van der Waals surface area contributed by atoms with Gasteiger partial charge in [-0.05, 0) is 42.6 Å². The Morgan fingerprint density at radius 1 is 1.26 bits per heavy atom. The summed E-state index contributed by atoms with van der Waals surface area (Å²) in [5.74, 6) is 0.469. The molecule has 0 saturated carbocycles. The SMILES string of the molecule is O=C(C1NNC2CCNCC21)N1CCc2c(Cl)cc(Cl)cc2C1. The van der Waals surface area contributed by atoms with Crippen LogP contribution in [-0.2, 0) is 17.8 Å². The van der Waals surface area contributed by atoms with Crippen molar-refractivity contribution in [3.05, 3.63) is 33.3 Å². The normalized spacial score (nSPS) is 30.0. The van der Waals surface area contributed by atoms with E-state index in [2.05, 4.69) is 16.2 Å². The molecule has 23 heavy (non-hydrogen) atoms. The van der Waals surface area contributed by atoms with Crippen LogP contribution in [0.4, 0.5) is 0 Å². The molecule has 3 unspecified atom stereocenters. The number of rotatable bonds is 1. The minimum atomic E-state index is -0.163. The van der Waals surface area contributed by atoms with Gasteiger partial charge in [0.05, 0.1) is 0 Å². The summed E-state index contributed by atoms with van der Waals surface area (Å²) in [6, 6.07) is 3.92. The van der Waals surface area contributed by atoms with Gasteiger partial charge in [0.15, 0.2) is 0 Å².